The van der Waals surface area contributed by atoms with E-state index in [0.717, 1.165) is 0 Å². The van der Waals surface area contributed by atoms with Gasteiger partial charge in [-0.2, -0.15) is 0 Å². The van der Waals surface area contributed by atoms with E-state index in [9.17, 15) is 5.11 Å². The minimum atomic E-state index is -0.806. The molecule has 1 fully saturated rings. The van der Waals surface area contributed by atoms with E-state index in [1.54, 1.807) is 18.5 Å². The molecule has 0 radical (unpaired) electrons. The summed E-state index contributed by atoms with van der Waals surface area (Å²) in [4.78, 5) is 8.04. The second-order valence-electron chi connectivity index (χ2n) is 3.79. The van der Waals surface area contributed by atoms with Crippen molar-refractivity contribution < 1.29 is 9.84 Å². The third-order valence-corrected chi connectivity index (χ3v) is 2.78. The van der Waals surface area contributed by atoms with Crippen molar-refractivity contribution >= 4 is 5.95 Å². The smallest absolute Gasteiger partial charge is 0.222 e. The highest BCUT2D eigenvalue weighted by atomic mass is 16.5. The molecule has 0 aliphatic carbocycles. The van der Waals surface area contributed by atoms with Crippen LogP contribution in [0.3, 0.4) is 0 Å². The number of hydrogen-bond donors (Lipinski definition) is 2. The Morgan fingerprint density at radius 2 is 2.33 bits per heavy atom. The van der Waals surface area contributed by atoms with Crippen molar-refractivity contribution in [1.29, 1.82) is 0 Å². The van der Waals surface area contributed by atoms with Gasteiger partial charge >= 0.3 is 0 Å². The molecule has 2 rings (SSSR count). The van der Waals surface area contributed by atoms with Gasteiger partial charge in [-0.05, 0) is 13.0 Å². The van der Waals surface area contributed by atoms with Crippen LogP contribution in [0.5, 0.6) is 0 Å². The van der Waals surface area contributed by atoms with Crippen LogP contribution < -0.4 is 5.32 Å². The molecule has 0 spiro atoms. The predicted octanol–water partition coefficient (Wildman–Crippen LogP) is 0.428. The molecule has 0 saturated carbocycles. The van der Waals surface area contributed by atoms with Crippen LogP contribution in [0, 0.1) is 0 Å². The normalized spacial score (nSPS) is 30.4. The van der Waals surface area contributed by atoms with Crippen LogP contribution in [0.1, 0.15) is 13.3 Å². The second kappa shape index (κ2) is 4.12. The fourth-order valence-electron chi connectivity index (χ4n) is 1.63. The summed E-state index contributed by atoms with van der Waals surface area (Å²) in [5.41, 5.74) is -0.806. The van der Waals surface area contributed by atoms with Gasteiger partial charge in [-0.1, -0.05) is 0 Å². The van der Waals surface area contributed by atoms with Gasteiger partial charge in [-0.3, -0.25) is 0 Å². The molecule has 0 aromatic carbocycles. The third kappa shape index (κ3) is 2.24. The molecule has 0 bridgehead atoms. The molecule has 82 valence electrons. The molecule has 1 aromatic rings. The maximum atomic E-state index is 10.2. The Morgan fingerprint density at radius 1 is 1.60 bits per heavy atom. The van der Waals surface area contributed by atoms with Crippen molar-refractivity contribution in [2.75, 3.05) is 18.5 Å². The Balaban J connectivity index is 1.93. The average molecular weight is 209 g/mol. The first-order valence-electron chi connectivity index (χ1n) is 5.05. The summed E-state index contributed by atoms with van der Waals surface area (Å²) in [6, 6.07) is 1.75. The van der Waals surface area contributed by atoms with Crippen LogP contribution in [-0.2, 0) is 4.74 Å². The molecule has 2 N–H and O–H groups in total. The van der Waals surface area contributed by atoms with Gasteiger partial charge in [0.25, 0.3) is 0 Å². The highest BCUT2D eigenvalue weighted by Crippen LogP contribution is 2.25. The van der Waals surface area contributed by atoms with Crippen molar-refractivity contribution in [3.63, 3.8) is 0 Å². The topological polar surface area (TPSA) is 67.3 Å². The van der Waals surface area contributed by atoms with E-state index in [4.69, 9.17) is 4.74 Å². The van der Waals surface area contributed by atoms with E-state index in [0.29, 0.717) is 25.5 Å². The molecule has 1 aliphatic heterocycles. The molecule has 1 aliphatic rings. The van der Waals surface area contributed by atoms with E-state index < -0.39 is 5.60 Å². The highest BCUT2D eigenvalue weighted by Gasteiger charge is 2.39. The molecule has 1 aromatic heterocycles. The van der Waals surface area contributed by atoms with E-state index >= 15 is 0 Å². The van der Waals surface area contributed by atoms with Crippen LogP contribution in [0.15, 0.2) is 18.5 Å². The number of nitrogens with zero attached hydrogens (tertiary/aromatic N) is 2. The maximum Gasteiger partial charge on any atom is 0.222 e. The number of rotatable bonds is 3. The van der Waals surface area contributed by atoms with E-state index in [1.807, 2.05) is 6.92 Å². The summed E-state index contributed by atoms with van der Waals surface area (Å²) in [5.74, 6) is 0.532. The number of aromatic nitrogens is 2. The lowest BCUT2D eigenvalue weighted by Crippen LogP contribution is -2.43. The molecule has 1 saturated heterocycles. The van der Waals surface area contributed by atoms with Crippen molar-refractivity contribution in [3.8, 4) is 0 Å². The maximum absolute atomic E-state index is 10.2. The molecule has 2 heterocycles. The SMILES string of the molecule is CC1OCCC1(O)CNc1ncccn1. The number of anilines is 1. The van der Waals surface area contributed by atoms with Crippen LogP contribution in [-0.4, -0.2) is 39.9 Å². The monoisotopic (exact) mass is 209 g/mol. The summed E-state index contributed by atoms with van der Waals surface area (Å²) >= 11 is 0. The molecular formula is C10H15N3O2. The lowest BCUT2D eigenvalue weighted by molar-refractivity contribution is -0.0176. The van der Waals surface area contributed by atoms with Gasteiger partial charge in [0.15, 0.2) is 0 Å². The van der Waals surface area contributed by atoms with Gasteiger partial charge in [0.2, 0.25) is 5.95 Å². The van der Waals surface area contributed by atoms with E-state index in [2.05, 4.69) is 15.3 Å². The number of hydrogen-bond acceptors (Lipinski definition) is 5. The van der Waals surface area contributed by atoms with Gasteiger partial charge in [0, 0.05) is 32.0 Å². The molecule has 5 nitrogen and oxygen atoms in total. The van der Waals surface area contributed by atoms with Crippen molar-refractivity contribution in [2.24, 2.45) is 0 Å². The Hall–Kier alpha value is -1.20. The van der Waals surface area contributed by atoms with Crippen LogP contribution in [0.25, 0.3) is 0 Å². The van der Waals surface area contributed by atoms with Crippen molar-refractivity contribution in [2.45, 2.75) is 25.0 Å². The molecule has 5 heteroatoms. The third-order valence-electron chi connectivity index (χ3n) is 2.78. The molecule has 2 unspecified atom stereocenters. The zero-order valence-electron chi connectivity index (χ0n) is 8.68. The van der Waals surface area contributed by atoms with Gasteiger partial charge in [-0.25, -0.2) is 9.97 Å². The lowest BCUT2D eigenvalue weighted by Gasteiger charge is -2.25. The largest absolute Gasteiger partial charge is 0.385 e. The summed E-state index contributed by atoms with van der Waals surface area (Å²) in [7, 11) is 0. The Kier molecular flexibility index (Phi) is 2.83. The molecule has 15 heavy (non-hydrogen) atoms. The Morgan fingerprint density at radius 3 is 2.93 bits per heavy atom. The lowest BCUT2D eigenvalue weighted by atomic mass is 9.97. The van der Waals surface area contributed by atoms with Crippen LogP contribution in [0.2, 0.25) is 0 Å². The van der Waals surface area contributed by atoms with Gasteiger partial charge in [0.1, 0.15) is 5.60 Å². The summed E-state index contributed by atoms with van der Waals surface area (Å²) in [5, 5.41) is 13.2. The standard InChI is InChI=1S/C10H15N3O2/c1-8-10(14,3-6-15-8)7-13-9-11-4-2-5-12-9/h2,4-5,8,14H,3,6-7H2,1H3,(H,11,12,13). The molecule has 2 atom stereocenters. The summed E-state index contributed by atoms with van der Waals surface area (Å²) in [6.45, 7) is 2.90. The minimum Gasteiger partial charge on any atom is -0.385 e. The number of aliphatic hydroxyl groups is 1. The van der Waals surface area contributed by atoms with Gasteiger partial charge in [-0.15, -0.1) is 0 Å². The van der Waals surface area contributed by atoms with E-state index in [-0.39, 0.29) is 6.10 Å². The minimum absolute atomic E-state index is 0.145. The van der Waals surface area contributed by atoms with E-state index in [1.165, 1.54) is 0 Å². The predicted molar refractivity (Wildman–Crippen MR) is 55.5 cm³/mol. The first-order valence-corrected chi connectivity index (χ1v) is 5.05. The molecule has 0 amide bonds. The van der Waals surface area contributed by atoms with Gasteiger partial charge in [0.05, 0.1) is 6.10 Å². The summed E-state index contributed by atoms with van der Waals surface area (Å²) < 4.78 is 5.33. The number of nitrogens with one attached hydrogen (secondary N) is 1. The highest BCUT2D eigenvalue weighted by molar-refractivity contribution is 5.23. The van der Waals surface area contributed by atoms with Crippen molar-refractivity contribution in [3.05, 3.63) is 18.5 Å². The van der Waals surface area contributed by atoms with Crippen molar-refractivity contribution in [1.82, 2.24) is 9.97 Å². The fraction of sp³-hybridized carbons (Fsp3) is 0.600. The first kappa shape index (κ1) is 10.3. The fourth-order valence-corrected chi connectivity index (χ4v) is 1.63. The summed E-state index contributed by atoms with van der Waals surface area (Å²) in [6.07, 6.45) is 3.82. The zero-order chi connectivity index (χ0) is 10.7. The zero-order valence-corrected chi connectivity index (χ0v) is 8.68. The average Bonchev–Trinajstić information content (AvgIpc) is 2.59. The number of ether oxygens (including phenoxy) is 1. The Labute approximate surface area is 88.5 Å². The van der Waals surface area contributed by atoms with Crippen LogP contribution in [0.4, 0.5) is 5.95 Å². The second-order valence-corrected chi connectivity index (χ2v) is 3.79. The Bertz CT molecular complexity index is 320. The van der Waals surface area contributed by atoms with Gasteiger partial charge < -0.3 is 15.2 Å². The van der Waals surface area contributed by atoms with Crippen LogP contribution >= 0.6 is 0 Å². The molecular weight excluding hydrogens is 194 g/mol. The first-order chi connectivity index (χ1) is 7.21. The quantitative estimate of drug-likeness (QED) is 0.755.